The molecule has 1 aromatic heterocycles. The molecule has 2 heterocycles. The Morgan fingerprint density at radius 2 is 2.04 bits per heavy atom. The number of nitrogens with one attached hydrogen (secondary N) is 1. The number of hydrogen-bond acceptors (Lipinski definition) is 5. The summed E-state index contributed by atoms with van der Waals surface area (Å²) in [5.74, 6) is 1.56. The van der Waals surface area contributed by atoms with Gasteiger partial charge in [-0.2, -0.15) is 4.98 Å². The summed E-state index contributed by atoms with van der Waals surface area (Å²) in [6.45, 7) is 5.98. The summed E-state index contributed by atoms with van der Waals surface area (Å²) in [6, 6.07) is 8.07. The van der Waals surface area contributed by atoms with Crippen LogP contribution < -0.4 is 16.0 Å². The smallest absolute Gasteiger partial charge is 0.229 e. The van der Waals surface area contributed by atoms with E-state index in [0.29, 0.717) is 11.0 Å². The molecule has 5 nitrogen and oxygen atoms in total. The fourth-order valence-electron chi connectivity index (χ4n) is 2.93. The second-order valence-electron chi connectivity index (χ2n) is 6.37. The minimum atomic E-state index is 0. The van der Waals surface area contributed by atoms with E-state index < -0.39 is 0 Å². The second kappa shape index (κ2) is 10.2. The monoisotopic (exact) mass is 417 g/mol. The lowest BCUT2D eigenvalue weighted by Gasteiger charge is -2.19. The van der Waals surface area contributed by atoms with E-state index >= 15 is 0 Å². The Bertz CT molecular complexity index is 726. The van der Waals surface area contributed by atoms with Crippen LogP contribution in [0.1, 0.15) is 31.0 Å². The molecule has 0 bridgehead atoms. The zero-order chi connectivity index (χ0) is 17.1. The van der Waals surface area contributed by atoms with Crippen LogP contribution in [0.15, 0.2) is 24.3 Å². The number of halogens is 3. The lowest BCUT2D eigenvalue weighted by atomic mass is 10.2. The van der Waals surface area contributed by atoms with Crippen molar-refractivity contribution in [1.82, 2.24) is 9.97 Å². The Balaban J connectivity index is 0.00000169. The van der Waals surface area contributed by atoms with Crippen molar-refractivity contribution in [3.8, 4) is 0 Å². The zero-order valence-corrected chi connectivity index (χ0v) is 17.4. The fourth-order valence-corrected chi connectivity index (χ4v) is 3.10. The van der Waals surface area contributed by atoms with Gasteiger partial charge >= 0.3 is 0 Å². The van der Waals surface area contributed by atoms with Crippen molar-refractivity contribution in [2.24, 2.45) is 5.73 Å². The van der Waals surface area contributed by atoms with Crippen molar-refractivity contribution >= 4 is 53.9 Å². The van der Waals surface area contributed by atoms with Crippen molar-refractivity contribution in [3.05, 3.63) is 40.5 Å². The largest absolute Gasteiger partial charge is 0.355 e. The first-order valence-electron chi connectivity index (χ1n) is 8.47. The van der Waals surface area contributed by atoms with Crippen LogP contribution in [-0.4, -0.2) is 29.1 Å². The Morgan fingerprint density at radius 1 is 1.27 bits per heavy atom. The normalized spacial score (nSPS) is 16.0. The Labute approximate surface area is 172 Å². The van der Waals surface area contributed by atoms with E-state index in [2.05, 4.69) is 28.2 Å². The lowest BCUT2D eigenvalue weighted by molar-refractivity contribution is 0.751. The third kappa shape index (κ3) is 5.61. The van der Waals surface area contributed by atoms with Gasteiger partial charge in [0.2, 0.25) is 5.95 Å². The van der Waals surface area contributed by atoms with Gasteiger partial charge in [-0.25, -0.2) is 4.98 Å². The highest BCUT2D eigenvalue weighted by Crippen LogP contribution is 2.25. The molecule has 1 atom stereocenters. The van der Waals surface area contributed by atoms with Gasteiger partial charge < -0.3 is 16.0 Å². The highest BCUT2D eigenvalue weighted by atomic mass is 35.5. The molecule has 0 saturated carbocycles. The molecule has 1 aliphatic rings. The first kappa shape index (κ1) is 22.8. The Kier molecular flexibility index (Phi) is 8.90. The highest BCUT2D eigenvalue weighted by molar-refractivity contribution is 6.30. The standard InChI is InChI=1S/C18H24ClN5.2ClH/c1-3-4-15-10-17(24-8-7-14(20)11-24)23-18(21-15)22-16-9-13(19)6-5-12(16)2;;/h5-6,9-10,14H,3-4,7-8,11,20H2,1-2H3,(H,21,22,23);2*1H/t14-;;/m0../s1. The van der Waals surface area contributed by atoms with Crippen LogP contribution in [0.2, 0.25) is 5.02 Å². The summed E-state index contributed by atoms with van der Waals surface area (Å²) < 4.78 is 0. The van der Waals surface area contributed by atoms with E-state index in [1.165, 1.54) is 0 Å². The SMILES string of the molecule is CCCc1cc(N2CC[C@H](N)C2)nc(Nc2cc(Cl)ccc2C)n1.Cl.Cl. The quantitative estimate of drug-likeness (QED) is 0.747. The van der Waals surface area contributed by atoms with Crippen LogP contribution in [0.4, 0.5) is 17.5 Å². The third-order valence-electron chi connectivity index (χ3n) is 4.27. The molecule has 8 heteroatoms. The number of rotatable bonds is 5. The van der Waals surface area contributed by atoms with Crippen LogP contribution in [-0.2, 0) is 6.42 Å². The Hall–Kier alpha value is -1.27. The summed E-state index contributed by atoms with van der Waals surface area (Å²) in [4.78, 5) is 11.6. The average Bonchev–Trinajstić information content (AvgIpc) is 2.98. The second-order valence-corrected chi connectivity index (χ2v) is 6.81. The molecule has 0 radical (unpaired) electrons. The van der Waals surface area contributed by atoms with Crippen molar-refractivity contribution in [2.45, 2.75) is 39.2 Å². The van der Waals surface area contributed by atoms with Crippen molar-refractivity contribution < 1.29 is 0 Å². The van der Waals surface area contributed by atoms with E-state index in [9.17, 15) is 0 Å². The first-order valence-corrected chi connectivity index (χ1v) is 8.84. The van der Waals surface area contributed by atoms with Crippen LogP contribution >= 0.6 is 36.4 Å². The molecular formula is C18H26Cl3N5. The number of aryl methyl sites for hydroxylation is 2. The van der Waals surface area contributed by atoms with E-state index in [1.54, 1.807) is 0 Å². The molecule has 3 rings (SSSR count). The van der Waals surface area contributed by atoms with Gasteiger partial charge in [-0.05, 0) is 37.5 Å². The number of nitrogens with zero attached hydrogens (tertiary/aromatic N) is 3. The molecule has 0 aliphatic carbocycles. The molecular weight excluding hydrogens is 393 g/mol. The van der Waals surface area contributed by atoms with Crippen LogP contribution in [0.5, 0.6) is 0 Å². The number of hydrogen-bond donors (Lipinski definition) is 2. The predicted molar refractivity (Wildman–Crippen MR) is 115 cm³/mol. The number of benzene rings is 1. The van der Waals surface area contributed by atoms with Gasteiger partial charge in [0.25, 0.3) is 0 Å². The maximum Gasteiger partial charge on any atom is 0.229 e. The van der Waals surface area contributed by atoms with Crippen molar-refractivity contribution in [3.63, 3.8) is 0 Å². The van der Waals surface area contributed by atoms with Gasteiger partial charge in [-0.1, -0.05) is 31.0 Å². The highest BCUT2D eigenvalue weighted by Gasteiger charge is 2.21. The lowest BCUT2D eigenvalue weighted by Crippen LogP contribution is -2.27. The molecule has 144 valence electrons. The first-order chi connectivity index (χ1) is 11.5. The van der Waals surface area contributed by atoms with Gasteiger partial charge in [0.15, 0.2) is 0 Å². The molecule has 1 saturated heterocycles. The summed E-state index contributed by atoms with van der Waals surface area (Å²) >= 11 is 6.11. The summed E-state index contributed by atoms with van der Waals surface area (Å²) in [5, 5.41) is 4.02. The van der Waals surface area contributed by atoms with E-state index in [0.717, 1.165) is 55.1 Å². The van der Waals surface area contributed by atoms with E-state index in [-0.39, 0.29) is 30.9 Å². The number of aromatic nitrogens is 2. The van der Waals surface area contributed by atoms with Gasteiger partial charge in [-0.15, -0.1) is 24.8 Å². The summed E-state index contributed by atoms with van der Waals surface area (Å²) in [7, 11) is 0. The molecule has 0 spiro atoms. The Morgan fingerprint density at radius 3 is 2.69 bits per heavy atom. The van der Waals surface area contributed by atoms with Crippen LogP contribution in [0, 0.1) is 6.92 Å². The van der Waals surface area contributed by atoms with Crippen molar-refractivity contribution in [1.29, 1.82) is 0 Å². The maximum absolute atomic E-state index is 6.11. The van der Waals surface area contributed by atoms with Gasteiger partial charge in [0.1, 0.15) is 5.82 Å². The molecule has 26 heavy (non-hydrogen) atoms. The summed E-state index contributed by atoms with van der Waals surface area (Å²) in [5.41, 5.74) is 9.12. The van der Waals surface area contributed by atoms with Gasteiger partial charge in [-0.3, -0.25) is 0 Å². The molecule has 1 aromatic carbocycles. The average molecular weight is 419 g/mol. The van der Waals surface area contributed by atoms with Gasteiger partial charge in [0.05, 0.1) is 0 Å². The van der Waals surface area contributed by atoms with Crippen LogP contribution in [0.3, 0.4) is 0 Å². The molecule has 3 N–H and O–H groups in total. The molecule has 0 unspecified atom stereocenters. The third-order valence-corrected chi connectivity index (χ3v) is 4.50. The van der Waals surface area contributed by atoms with Crippen molar-refractivity contribution in [2.75, 3.05) is 23.3 Å². The predicted octanol–water partition coefficient (Wildman–Crippen LogP) is 4.52. The zero-order valence-electron chi connectivity index (χ0n) is 15.0. The molecule has 2 aromatic rings. The van der Waals surface area contributed by atoms with E-state index in [4.69, 9.17) is 22.3 Å². The number of nitrogens with two attached hydrogens (primary N) is 1. The molecule has 0 amide bonds. The summed E-state index contributed by atoms with van der Waals surface area (Å²) in [6.07, 6.45) is 2.98. The fraction of sp³-hybridized carbons (Fsp3) is 0.444. The molecule has 1 fully saturated rings. The van der Waals surface area contributed by atoms with E-state index in [1.807, 2.05) is 25.1 Å². The number of anilines is 3. The maximum atomic E-state index is 6.11. The minimum absolute atomic E-state index is 0. The van der Waals surface area contributed by atoms with Crippen LogP contribution in [0.25, 0.3) is 0 Å². The molecule has 1 aliphatic heterocycles. The topological polar surface area (TPSA) is 67.1 Å². The van der Waals surface area contributed by atoms with Gasteiger partial charge in [0, 0.05) is 41.6 Å². The minimum Gasteiger partial charge on any atom is -0.355 e.